The fraction of sp³-hybridized carbons (Fsp3) is 0.250. The van der Waals surface area contributed by atoms with Crippen molar-refractivity contribution in [3.05, 3.63) is 35.5 Å². The van der Waals surface area contributed by atoms with Gasteiger partial charge in [0.25, 0.3) is 5.19 Å². The Morgan fingerprint density at radius 1 is 1.32 bits per heavy atom. The van der Waals surface area contributed by atoms with Crippen molar-refractivity contribution in [2.45, 2.75) is 19.3 Å². The molecule has 3 aromatic heterocycles. The Hall–Kier alpha value is -2.34. The number of aryl methyl sites for hydroxylation is 2. The van der Waals surface area contributed by atoms with E-state index in [-0.39, 0.29) is 0 Å². The van der Waals surface area contributed by atoms with Crippen LogP contribution in [0, 0.1) is 0 Å². The van der Waals surface area contributed by atoms with Crippen LogP contribution >= 0.6 is 11.3 Å². The lowest BCUT2D eigenvalue weighted by atomic mass is 10.1. The number of ether oxygens (including phenoxy) is 1. The fourth-order valence-electron chi connectivity index (χ4n) is 3.17. The van der Waals surface area contributed by atoms with E-state index in [0.717, 1.165) is 40.2 Å². The van der Waals surface area contributed by atoms with Crippen LogP contribution in [0.3, 0.4) is 0 Å². The third-order valence-electron chi connectivity index (χ3n) is 4.21. The van der Waals surface area contributed by atoms with Gasteiger partial charge in [-0.2, -0.15) is 0 Å². The first-order chi connectivity index (χ1) is 10.8. The molecule has 0 aliphatic heterocycles. The summed E-state index contributed by atoms with van der Waals surface area (Å²) in [6.07, 6.45) is 5.36. The van der Waals surface area contributed by atoms with Crippen LogP contribution in [-0.2, 0) is 12.8 Å². The van der Waals surface area contributed by atoms with Crippen LogP contribution in [0.25, 0.3) is 27.4 Å². The molecule has 0 fully saturated rings. The number of furan rings is 1. The lowest BCUT2D eigenvalue weighted by Crippen LogP contribution is -1.84. The number of benzene rings is 1. The molecule has 0 amide bonds. The first-order valence-corrected chi connectivity index (χ1v) is 8.08. The van der Waals surface area contributed by atoms with E-state index in [9.17, 15) is 0 Å². The number of rotatable bonds is 2. The molecule has 5 nitrogen and oxygen atoms in total. The monoisotopic (exact) mass is 311 g/mol. The van der Waals surface area contributed by atoms with Crippen molar-refractivity contribution in [1.82, 2.24) is 14.6 Å². The molecule has 5 rings (SSSR count). The number of fused-ring (bicyclic) bond motifs is 4. The molecule has 1 aliphatic rings. The maximum Gasteiger partial charge on any atom is 0.294 e. The summed E-state index contributed by atoms with van der Waals surface area (Å²) in [7, 11) is 1.61. The average molecular weight is 311 g/mol. The van der Waals surface area contributed by atoms with Crippen LogP contribution in [0.4, 0.5) is 0 Å². The number of aromatic nitrogens is 3. The van der Waals surface area contributed by atoms with E-state index in [1.807, 2.05) is 6.20 Å². The summed E-state index contributed by atoms with van der Waals surface area (Å²) in [4.78, 5) is 5.39. The maximum absolute atomic E-state index is 6.12. The molecule has 22 heavy (non-hydrogen) atoms. The van der Waals surface area contributed by atoms with Gasteiger partial charge in [-0.3, -0.25) is 0 Å². The number of hydrogen-bond acceptors (Lipinski definition) is 5. The molecule has 6 heteroatoms. The lowest BCUT2D eigenvalue weighted by molar-refractivity contribution is 0.405. The molecule has 0 bridgehead atoms. The molecule has 110 valence electrons. The smallest absolute Gasteiger partial charge is 0.294 e. The quantitative estimate of drug-likeness (QED) is 0.566. The van der Waals surface area contributed by atoms with Gasteiger partial charge in [0.05, 0.1) is 13.3 Å². The highest BCUT2D eigenvalue weighted by atomic mass is 32.1. The predicted molar refractivity (Wildman–Crippen MR) is 84.6 cm³/mol. The minimum atomic E-state index is 0.608. The normalized spacial score (nSPS) is 14.0. The molecular weight excluding hydrogens is 298 g/mol. The van der Waals surface area contributed by atoms with Gasteiger partial charge < -0.3 is 9.15 Å². The van der Waals surface area contributed by atoms with Crippen LogP contribution in [0.2, 0.25) is 0 Å². The molecule has 0 unspecified atom stereocenters. The standard InChI is InChI=1S/C16H13N3O2S/c1-20-16-18-19-8-12(17-15(19)22-16)13-7-10-6-5-9-3-2-4-11(9)14(10)21-13/h5-8H,2-4H2,1H3. The van der Waals surface area contributed by atoms with E-state index in [1.165, 1.54) is 28.9 Å². The van der Waals surface area contributed by atoms with Crippen molar-refractivity contribution in [2.24, 2.45) is 0 Å². The molecule has 3 heterocycles. The zero-order valence-electron chi connectivity index (χ0n) is 12.0. The van der Waals surface area contributed by atoms with E-state index in [4.69, 9.17) is 9.15 Å². The number of imidazole rings is 1. The van der Waals surface area contributed by atoms with Crippen molar-refractivity contribution in [1.29, 1.82) is 0 Å². The van der Waals surface area contributed by atoms with Gasteiger partial charge in [-0.15, -0.1) is 5.10 Å². The Bertz CT molecular complexity index is 980. The average Bonchev–Trinajstić information content (AvgIpc) is 3.26. The molecule has 0 atom stereocenters. The van der Waals surface area contributed by atoms with E-state index < -0.39 is 0 Å². The maximum atomic E-state index is 6.12. The second-order valence-corrected chi connectivity index (χ2v) is 6.43. The van der Waals surface area contributed by atoms with Gasteiger partial charge in [0, 0.05) is 5.39 Å². The van der Waals surface area contributed by atoms with E-state index in [1.54, 1.807) is 11.6 Å². The Labute approximate surface area is 130 Å². The van der Waals surface area contributed by atoms with Crippen LogP contribution < -0.4 is 4.74 Å². The minimum absolute atomic E-state index is 0.608. The van der Waals surface area contributed by atoms with Crippen LogP contribution in [0.15, 0.2) is 28.8 Å². The zero-order valence-corrected chi connectivity index (χ0v) is 12.8. The minimum Gasteiger partial charge on any atom is -0.472 e. The van der Waals surface area contributed by atoms with Crippen molar-refractivity contribution in [2.75, 3.05) is 7.11 Å². The van der Waals surface area contributed by atoms with Gasteiger partial charge in [-0.25, -0.2) is 9.50 Å². The van der Waals surface area contributed by atoms with E-state index in [0.29, 0.717) is 5.19 Å². The van der Waals surface area contributed by atoms with Gasteiger partial charge in [0.1, 0.15) is 11.3 Å². The molecule has 1 aliphatic carbocycles. The Morgan fingerprint density at radius 3 is 3.14 bits per heavy atom. The number of methoxy groups -OCH3 is 1. The summed E-state index contributed by atoms with van der Waals surface area (Å²) < 4.78 is 13.0. The van der Waals surface area contributed by atoms with Crippen LogP contribution in [-0.4, -0.2) is 21.7 Å². The molecule has 1 aromatic carbocycles. The summed E-state index contributed by atoms with van der Waals surface area (Å²) in [5, 5.41) is 6.06. The topological polar surface area (TPSA) is 52.6 Å². The highest BCUT2D eigenvalue weighted by Crippen LogP contribution is 2.35. The van der Waals surface area contributed by atoms with Crippen molar-refractivity contribution in [3.8, 4) is 16.6 Å². The summed E-state index contributed by atoms with van der Waals surface area (Å²) in [6, 6.07) is 6.44. The van der Waals surface area contributed by atoms with Crippen LogP contribution in [0.1, 0.15) is 17.5 Å². The summed E-state index contributed by atoms with van der Waals surface area (Å²) in [6.45, 7) is 0. The first kappa shape index (κ1) is 12.2. The van der Waals surface area contributed by atoms with Gasteiger partial charge >= 0.3 is 0 Å². The van der Waals surface area contributed by atoms with Gasteiger partial charge in [0.2, 0.25) is 4.96 Å². The molecule has 4 aromatic rings. The molecule has 0 spiro atoms. The van der Waals surface area contributed by atoms with Gasteiger partial charge in [0.15, 0.2) is 5.76 Å². The number of hydrogen-bond donors (Lipinski definition) is 0. The molecule has 0 saturated heterocycles. The second kappa shape index (κ2) is 4.33. The third-order valence-corrected chi connectivity index (χ3v) is 5.10. The van der Waals surface area contributed by atoms with Crippen molar-refractivity contribution >= 4 is 27.3 Å². The first-order valence-electron chi connectivity index (χ1n) is 7.27. The van der Waals surface area contributed by atoms with E-state index >= 15 is 0 Å². The molecule has 0 saturated carbocycles. The molecule has 0 radical (unpaired) electrons. The van der Waals surface area contributed by atoms with Crippen molar-refractivity contribution < 1.29 is 9.15 Å². The van der Waals surface area contributed by atoms with Gasteiger partial charge in [-0.1, -0.05) is 12.1 Å². The molecule has 0 N–H and O–H groups in total. The summed E-state index contributed by atoms with van der Waals surface area (Å²) in [5.74, 6) is 0.798. The zero-order chi connectivity index (χ0) is 14.7. The second-order valence-electron chi connectivity index (χ2n) is 5.51. The molecular formula is C16H13N3O2S. The summed E-state index contributed by atoms with van der Waals surface area (Å²) >= 11 is 1.42. The highest BCUT2D eigenvalue weighted by Gasteiger charge is 2.19. The Kier molecular flexibility index (Phi) is 2.41. The summed E-state index contributed by atoms with van der Waals surface area (Å²) in [5.41, 5.74) is 4.62. The predicted octanol–water partition coefficient (Wildman–Crippen LogP) is 3.70. The third kappa shape index (κ3) is 1.64. The fourth-order valence-corrected chi connectivity index (χ4v) is 3.87. The van der Waals surface area contributed by atoms with Gasteiger partial charge in [-0.05, 0) is 47.8 Å². The Morgan fingerprint density at radius 2 is 2.27 bits per heavy atom. The lowest BCUT2D eigenvalue weighted by Gasteiger charge is -1.98. The SMILES string of the molecule is COc1nn2cc(-c3cc4ccc5c(c4o3)CCC5)nc2s1. The van der Waals surface area contributed by atoms with Crippen molar-refractivity contribution in [3.63, 3.8) is 0 Å². The Balaban J connectivity index is 1.66. The number of nitrogens with zero attached hydrogens (tertiary/aromatic N) is 3. The largest absolute Gasteiger partial charge is 0.472 e. The van der Waals surface area contributed by atoms with E-state index in [2.05, 4.69) is 28.3 Å². The van der Waals surface area contributed by atoms with Crippen LogP contribution in [0.5, 0.6) is 5.19 Å². The highest BCUT2D eigenvalue weighted by molar-refractivity contribution is 7.18.